The van der Waals surface area contributed by atoms with Crippen molar-refractivity contribution in [3.63, 3.8) is 0 Å². The van der Waals surface area contributed by atoms with E-state index >= 15 is 0 Å². The Labute approximate surface area is 68.5 Å². The molecule has 0 heterocycles. The van der Waals surface area contributed by atoms with Gasteiger partial charge in [-0.2, -0.15) is 0 Å². The minimum atomic E-state index is 1.08. The van der Waals surface area contributed by atoms with Gasteiger partial charge in [0.25, 0.3) is 0 Å². The zero-order chi connectivity index (χ0) is 7.40. The molecule has 0 aromatic heterocycles. The SMILES string of the molecule is C=Cc1ccccc1[CH]=[Ni]. The third-order valence-corrected chi connectivity index (χ3v) is 1.62. The zero-order valence-electron chi connectivity index (χ0n) is 5.49. The third-order valence-electron chi connectivity index (χ3n) is 1.31. The first-order chi connectivity index (χ1) is 4.88. The van der Waals surface area contributed by atoms with Gasteiger partial charge in [-0.25, -0.2) is 0 Å². The summed E-state index contributed by atoms with van der Waals surface area (Å²) in [4.78, 5) is 1.71. The van der Waals surface area contributed by atoms with Crippen LogP contribution in [0.4, 0.5) is 0 Å². The van der Waals surface area contributed by atoms with Crippen LogP contribution < -0.4 is 0 Å². The molecule has 0 unspecified atom stereocenters. The maximum atomic E-state index is 4.52. The van der Waals surface area contributed by atoms with Crippen LogP contribution >= 0.6 is 0 Å². The van der Waals surface area contributed by atoms with E-state index in [1.165, 1.54) is 0 Å². The first-order valence-electron chi connectivity index (χ1n) is 3.00. The first-order valence-corrected chi connectivity index (χ1v) is 3.57. The fraction of sp³-hybridized carbons (Fsp3) is 0. The molecule has 1 rings (SSSR count). The molecule has 0 N–H and O–H groups in total. The molecule has 0 spiro atoms. The van der Waals surface area contributed by atoms with Crippen LogP contribution in [0.5, 0.6) is 0 Å². The van der Waals surface area contributed by atoms with Crippen molar-refractivity contribution in [1.29, 1.82) is 0 Å². The molecular weight excluding hydrogens is 167 g/mol. The molecule has 1 aromatic carbocycles. The molecule has 0 bridgehead atoms. The summed E-state index contributed by atoms with van der Waals surface area (Å²) in [5, 5.41) is 0. The van der Waals surface area contributed by atoms with Gasteiger partial charge in [0.2, 0.25) is 0 Å². The van der Waals surface area contributed by atoms with Gasteiger partial charge in [0, 0.05) is 0 Å². The number of rotatable bonds is 2. The van der Waals surface area contributed by atoms with E-state index in [9.17, 15) is 0 Å². The van der Waals surface area contributed by atoms with Crippen LogP contribution in [0.2, 0.25) is 0 Å². The second kappa shape index (κ2) is 3.48. The van der Waals surface area contributed by atoms with Crippen molar-refractivity contribution in [2.24, 2.45) is 0 Å². The molecule has 0 aliphatic heterocycles. The van der Waals surface area contributed by atoms with Gasteiger partial charge in [0.15, 0.2) is 0 Å². The summed E-state index contributed by atoms with van der Waals surface area (Å²) in [7, 11) is 0. The van der Waals surface area contributed by atoms with E-state index < -0.39 is 0 Å². The van der Waals surface area contributed by atoms with Crippen LogP contribution in [-0.2, 0) is 15.0 Å². The Balaban J connectivity index is 3.20. The summed E-state index contributed by atoms with van der Waals surface area (Å²) in [6.45, 7) is 3.68. The van der Waals surface area contributed by atoms with Crippen molar-refractivity contribution in [3.8, 4) is 0 Å². The molecule has 1 heteroatoms. The Morgan fingerprint density at radius 2 is 1.80 bits per heavy atom. The third kappa shape index (κ3) is 1.43. The molecule has 0 aliphatic rings. The summed E-state index contributed by atoms with van der Waals surface area (Å²) in [6.07, 6.45) is 1.81. The second-order valence-corrected chi connectivity index (χ2v) is 2.21. The fourth-order valence-corrected chi connectivity index (χ4v) is 1.04. The van der Waals surface area contributed by atoms with E-state index in [4.69, 9.17) is 0 Å². The molecule has 0 atom stereocenters. The van der Waals surface area contributed by atoms with Gasteiger partial charge in [0.1, 0.15) is 0 Å². The van der Waals surface area contributed by atoms with Gasteiger partial charge in [0.05, 0.1) is 0 Å². The Morgan fingerprint density at radius 3 is 2.20 bits per heavy atom. The molecular formula is C9H8Ni. The van der Waals surface area contributed by atoms with E-state index in [0.717, 1.165) is 11.1 Å². The van der Waals surface area contributed by atoms with E-state index in [-0.39, 0.29) is 0 Å². The van der Waals surface area contributed by atoms with Gasteiger partial charge < -0.3 is 0 Å². The summed E-state index contributed by atoms with van der Waals surface area (Å²) in [6, 6.07) is 7.93. The van der Waals surface area contributed by atoms with Gasteiger partial charge in [-0.1, -0.05) is 0 Å². The number of hydrogen-bond donors (Lipinski definition) is 0. The van der Waals surface area contributed by atoms with E-state index in [0.29, 0.717) is 0 Å². The van der Waals surface area contributed by atoms with Crippen LogP contribution in [0, 0.1) is 0 Å². The predicted molar refractivity (Wildman–Crippen MR) is 41.7 cm³/mol. The van der Waals surface area contributed by atoms with Crippen molar-refractivity contribution in [2.75, 3.05) is 0 Å². The molecule has 0 aliphatic carbocycles. The molecule has 0 saturated heterocycles. The molecule has 10 heavy (non-hydrogen) atoms. The van der Waals surface area contributed by atoms with E-state index in [1.54, 1.807) is 4.99 Å². The predicted octanol–water partition coefficient (Wildman–Crippen LogP) is 2.03. The summed E-state index contributed by atoms with van der Waals surface area (Å²) in [5.41, 5.74) is 2.19. The van der Waals surface area contributed by atoms with Crippen molar-refractivity contribution in [3.05, 3.63) is 42.0 Å². The quantitative estimate of drug-likeness (QED) is 0.603. The monoisotopic (exact) mass is 174 g/mol. The summed E-state index contributed by atoms with van der Waals surface area (Å²) in [5.74, 6) is 0. The molecule has 0 fully saturated rings. The summed E-state index contributed by atoms with van der Waals surface area (Å²) < 4.78 is 0. The molecule has 0 saturated carbocycles. The van der Waals surface area contributed by atoms with Crippen molar-refractivity contribution in [2.45, 2.75) is 0 Å². The van der Waals surface area contributed by atoms with Crippen LogP contribution in [-0.4, -0.2) is 4.99 Å². The number of benzene rings is 1. The van der Waals surface area contributed by atoms with Gasteiger partial charge in [-0.3, -0.25) is 0 Å². The van der Waals surface area contributed by atoms with E-state index in [2.05, 4.69) is 21.6 Å². The second-order valence-electron chi connectivity index (χ2n) is 1.92. The average Bonchev–Trinajstić information content (AvgIpc) is 2.04. The molecule has 0 amide bonds. The standard InChI is InChI=1S/C9H8.Ni/c1-3-9-7-5-4-6-8(9)2;/h2-7H,1H2;. The van der Waals surface area contributed by atoms with Crippen LogP contribution in [0.15, 0.2) is 30.8 Å². The molecule has 1 aromatic rings. The van der Waals surface area contributed by atoms with Gasteiger partial charge in [-0.15, -0.1) is 0 Å². The molecule has 54 valence electrons. The summed E-state index contributed by atoms with van der Waals surface area (Å²) >= 11 is 4.52. The maximum absolute atomic E-state index is 4.52. The van der Waals surface area contributed by atoms with E-state index in [1.807, 2.05) is 30.3 Å². The Morgan fingerprint density at radius 1 is 1.20 bits per heavy atom. The van der Waals surface area contributed by atoms with Crippen molar-refractivity contribution in [1.82, 2.24) is 0 Å². The Kier molecular flexibility index (Phi) is 2.59. The van der Waals surface area contributed by atoms with Gasteiger partial charge in [-0.05, 0) is 0 Å². The van der Waals surface area contributed by atoms with Crippen molar-refractivity contribution >= 4 is 11.1 Å². The Hall–Kier alpha value is -0.676. The molecule has 0 nitrogen and oxygen atoms in total. The Bertz CT molecular complexity index is 224. The van der Waals surface area contributed by atoms with Crippen LogP contribution in [0.1, 0.15) is 11.1 Å². The normalized spacial score (nSPS) is 9.00. The first kappa shape index (κ1) is 7.43. The van der Waals surface area contributed by atoms with Crippen molar-refractivity contribution < 1.29 is 15.0 Å². The zero-order valence-corrected chi connectivity index (χ0v) is 6.48. The van der Waals surface area contributed by atoms with Crippen LogP contribution in [0.3, 0.4) is 0 Å². The molecule has 0 radical (unpaired) electrons. The number of hydrogen-bond acceptors (Lipinski definition) is 0. The topological polar surface area (TPSA) is 0 Å². The minimum absolute atomic E-state index is 1.08. The fourth-order valence-electron chi connectivity index (χ4n) is 0.780. The van der Waals surface area contributed by atoms with Gasteiger partial charge >= 0.3 is 68.1 Å². The van der Waals surface area contributed by atoms with Crippen LogP contribution in [0.25, 0.3) is 6.08 Å². The average molecular weight is 175 g/mol.